The van der Waals surface area contributed by atoms with Crippen LogP contribution in [0.25, 0.3) is 5.69 Å². The van der Waals surface area contributed by atoms with E-state index < -0.39 is 29.2 Å². The van der Waals surface area contributed by atoms with Gasteiger partial charge in [-0.2, -0.15) is 4.57 Å². The van der Waals surface area contributed by atoms with Crippen LogP contribution in [0.2, 0.25) is 0 Å². The molecule has 1 aliphatic heterocycles. The third kappa shape index (κ3) is 4.04. The molecule has 1 aliphatic rings. The predicted octanol–water partition coefficient (Wildman–Crippen LogP) is 1.56. The number of rotatable bonds is 5. The van der Waals surface area contributed by atoms with Gasteiger partial charge in [0.05, 0.1) is 24.0 Å². The Morgan fingerprint density at radius 2 is 1.85 bits per heavy atom. The summed E-state index contributed by atoms with van der Waals surface area (Å²) in [6, 6.07) is 12.4. The molecule has 1 fully saturated rings. The Bertz CT molecular complexity index is 1340. The van der Waals surface area contributed by atoms with Crippen molar-refractivity contribution in [1.29, 1.82) is 0 Å². The number of ether oxygens (including phenoxy) is 1. The van der Waals surface area contributed by atoms with Crippen LogP contribution >= 0.6 is 0 Å². The number of aromatic carboxylic acids is 1. The summed E-state index contributed by atoms with van der Waals surface area (Å²) in [5.74, 6) is -2.27. The fourth-order valence-corrected chi connectivity index (χ4v) is 4.14. The smallest absolute Gasteiger partial charge is 0.342 e. The van der Waals surface area contributed by atoms with Crippen LogP contribution in [0, 0.1) is 6.92 Å². The van der Waals surface area contributed by atoms with Crippen molar-refractivity contribution in [3.63, 3.8) is 0 Å². The molecule has 2 heterocycles. The van der Waals surface area contributed by atoms with Crippen LogP contribution < -0.4 is 11.2 Å². The maximum atomic E-state index is 13.2. The molecule has 2 atom stereocenters. The highest BCUT2D eigenvalue weighted by Gasteiger charge is 2.32. The van der Waals surface area contributed by atoms with E-state index in [1.807, 2.05) is 0 Å². The van der Waals surface area contributed by atoms with Gasteiger partial charge in [-0.1, -0.05) is 24.3 Å². The number of benzene rings is 2. The number of carbonyl (C=O) groups excluding carboxylic acids is 1. The van der Waals surface area contributed by atoms with Crippen molar-refractivity contribution >= 4 is 11.9 Å². The number of carbonyl (C=O) groups is 2. The van der Waals surface area contributed by atoms with E-state index in [-0.39, 0.29) is 34.9 Å². The number of nitrogens with zero attached hydrogens (tertiary/aromatic N) is 2. The molecule has 170 valence electrons. The standard InChI is InChI=1S/C24H22N2O7/c1-14-12-25(24(32)26(21(14)28)22(29)15-5-3-2-4-6-15)16-7-8-17(19(11-16)23(30)31)18-9-10-33-20(18)13-27/h2-8,11-12,18,20,27H,9-10,13H2,1H3,(H,30,31). The Balaban J connectivity index is 1.86. The molecule has 0 saturated carbocycles. The highest BCUT2D eigenvalue weighted by atomic mass is 16.5. The Hall–Kier alpha value is -3.82. The molecule has 1 aromatic heterocycles. The molecular weight excluding hydrogens is 428 g/mol. The molecule has 0 aliphatic carbocycles. The molecule has 1 saturated heterocycles. The van der Waals surface area contributed by atoms with Gasteiger partial charge in [0.1, 0.15) is 0 Å². The van der Waals surface area contributed by atoms with Crippen LogP contribution in [0.5, 0.6) is 0 Å². The van der Waals surface area contributed by atoms with Gasteiger partial charge in [0.15, 0.2) is 0 Å². The largest absolute Gasteiger partial charge is 0.478 e. The number of hydrogen-bond acceptors (Lipinski definition) is 6. The van der Waals surface area contributed by atoms with Crippen molar-refractivity contribution in [2.75, 3.05) is 13.2 Å². The van der Waals surface area contributed by atoms with E-state index in [1.165, 1.54) is 31.3 Å². The van der Waals surface area contributed by atoms with Crippen LogP contribution in [0.3, 0.4) is 0 Å². The van der Waals surface area contributed by atoms with Gasteiger partial charge in [0.25, 0.3) is 11.5 Å². The summed E-state index contributed by atoms with van der Waals surface area (Å²) in [6.07, 6.45) is 1.33. The van der Waals surface area contributed by atoms with Crippen LogP contribution in [-0.2, 0) is 4.74 Å². The zero-order valence-electron chi connectivity index (χ0n) is 17.8. The first kappa shape index (κ1) is 22.4. The SMILES string of the molecule is Cc1cn(-c2ccc(C3CCOC3CO)c(C(=O)O)c2)c(=O)n(C(=O)c2ccccc2)c1=O. The molecule has 2 unspecified atom stereocenters. The summed E-state index contributed by atoms with van der Waals surface area (Å²) in [4.78, 5) is 50.8. The molecule has 2 aromatic carbocycles. The fraction of sp³-hybridized carbons (Fsp3) is 0.250. The minimum absolute atomic E-state index is 0.0434. The first-order valence-corrected chi connectivity index (χ1v) is 10.4. The van der Waals surface area contributed by atoms with Gasteiger partial charge in [-0.15, -0.1) is 0 Å². The van der Waals surface area contributed by atoms with Gasteiger partial charge < -0.3 is 14.9 Å². The number of carboxylic acids is 1. The van der Waals surface area contributed by atoms with Crippen LogP contribution in [0.15, 0.2) is 64.3 Å². The van der Waals surface area contributed by atoms with Crippen molar-refractivity contribution in [1.82, 2.24) is 9.13 Å². The number of hydrogen-bond donors (Lipinski definition) is 2. The third-order valence-electron chi connectivity index (χ3n) is 5.82. The van der Waals surface area contributed by atoms with E-state index in [9.17, 15) is 29.4 Å². The summed E-state index contributed by atoms with van der Waals surface area (Å²) in [7, 11) is 0. The molecule has 9 nitrogen and oxygen atoms in total. The molecule has 0 radical (unpaired) electrons. The zero-order valence-corrected chi connectivity index (χ0v) is 17.8. The van der Waals surface area contributed by atoms with Crippen molar-refractivity contribution in [3.05, 3.63) is 97.8 Å². The molecule has 3 aromatic rings. The van der Waals surface area contributed by atoms with Crippen LogP contribution in [0.1, 0.15) is 44.2 Å². The zero-order chi connectivity index (χ0) is 23.7. The molecule has 0 bridgehead atoms. The lowest BCUT2D eigenvalue weighted by molar-refractivity contribution is 0.0514. The average molecular weight is 450 g/mol. The number of aryl methyl sites for hydroxylation is 1. The molecule has 0 amide bonds. The summed E-state index contributed by atoms with van der Waals surface area (Å²) in [5.41, 5.74) is -0.691. The first-order chi connectivity index (χ1) is 15.8. The fourth-order valence-electron chi connectivity index (χ4n) is 4.14. The van der Waals surface area contributed by atoms with E-state index in [0.717, 1.165) is 4.57 Å². The summed E-state index contributed by atoms with van der Waals surface area (Å²) < 4.78 is 7.11. The molecule has 9 heteroatoms. The number of aromatic nitrogens is 2. The number of aliphatic hydroxyl groups excluding tert-OH is 1. The summed E-state index contributed by atoms with van der Waals surface area (Å²) >= 11 is 0. The lowest BCUT2D eigenvalue weighted by atomic mass is 9.88. The second-order valence-electron chi connectivity index (χ2n) is 7.84. The van der Waals surface area contributed by atoms with Gasteiger partial charge in [-0.05, 0) is 43.2 Å². The topological polar surface area (TPSA) is 128 Å². The molecule has 33 heavy (non-hydrogen) atoms. The third-order valence-corrected chi connectivity index (χ3v) is 5.82. The predicted molar refractivity (Wildman–Crippen MR) is 118 cm³/mol. The van der Waals surface area contributed by atoms with E-state index >= 15 is 0 Å². The Morgan fingerprint density at radius 1 is 1.12 bits per heavy atom. The van der Waals surface area contributed by atoms with E-state index in [1.54, 1.807) is 30.3 Å². The molecule has 0 spiro atoms. The second kappa shape index (κ2) is 8.97. The molecular formula is C24H22N2O7. The quantitative estimate of drug-likeness (QED) is 0.604. The average Bonchev–Trinajstić information content (AvgIpc) is 3.30. The Kier molecular flexibility index (Phi) is 6.08. The van der Waals surface area contributed by atoms with Crippen molar-refractivity contribution in [2.45, 2.75) is 25.4 Å². The molecule has 4 rings (SSSR count). The highest BCUT2D eigenvalue weighted by Crippen LogP contribution is 2.34. The summed E-state index contributed by atoms with van der Waals surface area (Å²) in [6.45, 7) is 1.64. The van der Waals surface area contributed by atoms with Crippen molar-refractivity contribution < 1.29 is 24.5 Å². The Labute approximate surface area is 188 Å². The van der Waals surface area contributed by atoms with Crippen molar-refractivity contribution in [2.24, 2.45) is 0 Å². The first-order valence-electron chi connectivity index (χ1n) is 10.4. The Morgan fingerprint density at radius 3 is 2.52 bits per heavy atom. The number of aliphatic hydroxyl groups is 1. The second-order valence-corrected chi connectivity index (χ2v) is 7.84. The summed E-state index contributed by atoms with van der Waals surface area (Å²) in [5, 5.41) is 19.4. The minimum atomic E-state index is -1.20. The van der Waals surface area contributed by atoms with Gasteiger partial charge in [0.2, 0.25) is 0 Å². The van der Waals surface area contributed by atoms with Crippen LogP contribution in [0.4, 0.5) is 0 Å². The van der Waals surface area contributed by atoms with Gasteiger partial charge in [-0.25, -0.2) is 9.59 Å². The number of carboxylic acid groups (broad SMARTS) is 1. The van der Waals surface area contributed by atoms with Gasteiger partial charge >= 0.3 is 11.7 Å². The van der Waals surface area contributed by atoms with Crippen molar-refractivity contribution in [3.8, 4) is 5.69 Å². The monoisotopic (exact) mass is 450 g/mol. The minimum Gasteiger partial charge on any atom is -0.478 e. The highest BCUT2D eigenvalue weighted by molar-refractivity contribution is 5.95. The van der Waals surface area contributed by atoms with Gasteiger partial charge in [-0.3, -0.25) is 14.2 Å². The van der Waals surface area contributed by atoms with Crippen LogP contribution in [-0.4, -0.2) is 50.5 Å². The maximum Gasteiger partial charge on any atom is 0.342 e. The lowest BCUT2D eigenvalue weighted by Gasteiger charge is -2.20. The van der Waals surface area contributed by atoms with E-state index in [2.05, 4.69) is 0 Å². The maximum absolute atomic E-state index is 13.2. The molecule has 2 N–H and O–H groups in total. The van der Waals surface area contributed by atoms with Gasteiger partial charge in [0, 0.05) is 29.8 Å². The normalized spacial score (nSPS) is 17.8. The van der Waals surface area contributed by atoms with E-state index in [0.29, 0.717) is 23.2 Å². The van der Waals surface area contributed by atoms with E-state index in [4.69, 9.17) is 4.74 Å². The lowest BCUT2D eigenvalue weighted by Crippen LogP contribution is -2.44.